The molecule has 0 atom stereocenters. The van der Waals surface area contributed by atoms with Crippen LogP contribution in [0.15, 0.2) is 24.4 Å². The number of nitrogens with one attached hydrogen (secondary N) is 1. The van der Waals surface area contributed by atoms with Gasteiger partial charge < -0.3 is 4.98 Å². The fourth-order valence-electron chi connectivity index (χ4n) is 4.47. The second kappa shape index (κ2) is 8.74. The first kappa shape index (κ1) is 23.2. The highest BCUT2D eigenvalue weighted by atomic mass is 32.2. The molecule has 2 saturated heterocycles. The third kappa shape index (κ3) is 4.16. The molecule has 0 spiro atoms. The molecule has 1 aromatic heterocycles. The third-order valence-electron chi connectivity index (χ3n) is 6.37. The highest BCUT2D eigenvalue weighted by Gasteiger charge is 2.37. The van der Waals surface area contributed by atoms with E-state index in [-0.39, 0.29) is 32.1 Å². The zero-order valence-corrected chi connectivity index (χ0v) is 19.9. The Bertz CT molecular complexity index is 1230. The first-order valence-corrected chi connectivity index (χ1v) is 13.4. The minimum atomic E-state index is -3.64. The van der Waals surface area contributed by atoms with Gasteiger partial charge in [-0.2, -0.15) is 39.3 Å². The molecule has 0 unspecified atom stereocenters. The molecule has 3 heterocycles. The molecule has 0 amide bonds. The van der Waals surface area contributed by atoms with Crippen molar-refractivity contribution in [3.05, 3.63) is 35.5 Å². The van der Waals surface area contributed by atoms with Crippen LogP contribution in [0.3, 0.4) is 0 Å². The van der Waals surface area contributed by atoms with Crippen molar-refractivity contribution in [2.45, 2.75) is 18.8 Å². The van der Waals surface area contributed by atoms with Crippen LogP contribution in [0.1, 0.15) is 29.9 Å². The summed E-state index contributed by atoms with van der Waals surface area (Å²) < 4.78 is 56.2. The van der Waals surface area contributed by atoms with Crippen LogP contribution in [0.5, 0.6) is 0 Å². The number of benzene rings is 1. The number of nitriles is 1. The van der Waals surface area contributed by atoms with E-state index in [0.29, 0.717) is 31.5 Å². The van der Waals surface area contributed by atoms with E-state index in [2.05, 4.69) is 11.1 Å². The average Bonchev–Trinajstić information content (AvgIpc) is 3.22. The van der Waals surface area contributed by atoms with E-state index in [1.807, 2.05) is 18.3 Å². The van der Waals surface area contributed by atoms with Gasteiger partial charge >= 0.3 is 0 Å². The topological polar surface area (TPSA) is 121 Å². The molecule has 10 nitrogen and oxygen atoms in total. The fraction of sp³-hybridized carbons (Fsp3) is 0.550. The highest BCUT2D eigenvalue weighted by Crippen LogP contribution is 2.34. The molecule has 0 bridgehead atoms. The lowest BCUT2D eigenvalue weighted by Gasteiger charge is -2.38. The molecule has 1 N–H and O–H groups in total. The van der Waals surface area contributed by atoms with Gasteiger partial charge in [-0.1, -0.05) is 0 Å². The monoisotopic (exact) mass is 480 g/mol. The van der Waals surface area contributed by atoms with Crippen molar-refractivity contribution in [3.63, 3.8) is 0 Å². The number of fused-ring (bicyclic) bond motifs is 1. The first-order valence-electron chi connectivity index (χ1n) is 10.6. The van der Waals surface area contributed by atoms with Gasteiger partial charge in [-0.25, -0.2) is 0 Å². The van der Waals surface area contributed by atoms with E-state index in [0.717, 1.165) is 20.8 Å². The zero-order chi connectivity index (χ0) is 23.1. The molecule has 2 aliphatic heterocycles. The number of hydrogen-bond donors (Lipinski definition) is 1. The van der Waals surface area contributed by atoms with Crippen LogP contribution in [0.4, 0.5) is 0 Å². The predicted octanol–water partition coefficient (Wildman–Crippen LogP) is 0.888. The average molecular weight is 481 g/mol. The Morgan fingerprint density at radius 3 is 2.16 bits per heavy atom. The van der Waals surface area contributed by atoms with Gasteiger partial charge in [0.1, 0.15) is 0 Å². The summed E-state index contributed by atoms with van der Waals surface area (Å²) in [4.78, 5) is 3.25. The van der Waals surface area contributed by atoms with Gasteiger partial charge in [-0.05, 0) is 42.5 Å². The molecule has 174 valence electrons. The molecule has 32 heavy (non-hydrogen) atoms. The van der Waals surface area contributed by atoms with E-state index < -0.39 is 20.4 Å². The van der Waals surface area contributed by atoms with Crippen LogP contribution in [-0.4, -0.2) is 92.4 Å². The minimum absolute atomic E-state index is 0.146. The van der Waals surface area contributed by atoms with Gasteiger partial charge in [0.05, 0.1) is 11.6 Å². The highest BCUT2D eigenvalue weighted by molar-refractivity contribution is 7.87. The number of H-pyrrole nitrogens is 1. The molecule has 0 saturated carbocycles. The Hall–Kier alpha value is -2.01. The molecule has 2 aromatic rings. The van der Waals surface area contributed by atoms with Crippen molar-refractivity contribution < 1.29 is 16.8 Å². The van der Waals surface area contributed by atoms with Crippen LogP contribution in [0.25, 0.3) is 10.9 Å². The van der Waals surface area contributed by atoms with Crippen molar-refractivity contribution in [1.82, 2.24) is 22.2 Å². The number of aromatic amines is 1. The van der Waals surface area contributed by atoms with Crippen LogP contribution < -0.4 is 0 Å². The molecule has 2 aliphatic rings. The summed E-state index contributed by atoms with van der Waals surface area (Å²) in [6, 6.07) is 7.73. The Morgan fingerprint density at radius 2 is 1.56 bits per heavy atom. The van der Waals surface area contributed by atoms with Gasteiger partial charge in [-0.3, -0.25) is 0 Å². The standard InChI is InChI=1S/C20H28N6O4S2/c1-23(2)31(27,28)25-9-11-26(12-10-25)32(29,30)24-7-5-17(6-8-24)19-15-22-20-4-3-16(14-21)13-18(19)20/h3-4,13,15,17,22H,5-12H2,1-2H3. The van der Waals surface area contributed by atoms with E-state index in [9.17, 15) is 22.1 Å². The Labute approximate surface area is 189 Å². The van der Waals surface area contributed by atoms with E-state index in [4.69, 9.17) is 0 Å². The summed E-state index contributed by atoms with van der Waals surface area (Å²) in [6.07, 6.45) is 3.35. The van der Waals surface area contributed by atoms with Crippen LogP contribution in [0, 0.1) is 11.3 Å². The largest absolute Gasteiger partial charge is 0.361 e. The van der Waals surface area contributed by atoms with E-state index in [1.54, 1.807) is 6.07 Å². The van der Waals surface area contributed by atoms with Gasteiger partial charge in [0, 0.05) is 70.5 Å². The lowest BCUT2D eigenvalue weighted by Crippen LogP contribution is -2.56. The zero-order valence-electron chi connectivity index (χ0n) is 18.2. The maximum absolute atomic E-state index is 13.2. The van der Waals surface area contributed by atoms with Crippen LogP contribution in [-0.2, 0) is 20.4 Å². The van der Waals surface area contributed by atoms with Crippen molar-refractivity contribution in [1.29, 1.82) is 5.26 Å². The lowest BCUT2D eigenvalue weighted by molar-refractivity contribution is 0.235. The molecule has 4 rings (SSSR count). The lowest BCUT2D eigenvalue weighted by atomic mass is 9.90. The van der Waals surface area contributed by atoms with Gasteiger partial charge in [0.15, 0.2) is 0 Å². The second-order valence-electron chi connectivity index (χ2n) is 8.39. The Morgan fingerprint density at radius 1 is 0.969 bits per heavy atom. The Kier molecular flexibility index (Phi) is 6.32. The summed E-state index contributed by atoms with van der Waals surface area (Å²) >= 11 is 0. The maximum atomic E-state index is 13.2. The normalized spacial score (nSPS) is 20.7. The quantitative estimate of drug-likeness (QED) is 0.681. The maximum Gasteiger partial charge on any atom is 0.282 e. The van der Waals surface area contributed by atoms with E-state index >= 15 is 0 Å². The molecule has 1 aromatic carbocycles. The summed E-state index contributed by atoms with van der Waals surface area (Å²) in [5, 5.41) is 10.2. The minimum Gasteiger partial charge on any atom is -0.361 e. The van der Waals surface area contributed by atoms with Crippen LogP contribution in [0.2, 0.25) is 0 Å². The summed E-state index contributed by atoms with van der Waals surface area (Å²) in [5.41, 5.74) is 2.70. The van der Waals surface area contributed by atoms with Crippen molar-refractivity contribution in [3.8, 4) is 6.07 Å². The second-order valence-corrected chi connectivity index (χ2v) is 12.5. The number of hydrogen-bond acceptors (Lipinski definition) is 5. The number of piperazine rings is 1. The number of rotatable bonds is 5. The van der Waals surface area contributed by atoms with Crippen molar-refractivity contribution >= 4 is 31.3 Å². The SMILES string of the molecule is CN(C)S(=O)(=O)N1CCN(S(=O)(=O)N2CCC(c3c[nH]c4ccc(C#N)cc34)CC2)CC1. The smallest absolute Gasteiger partial charge is 0.282 e. The van der Waals surface area contributed by atoms with Crippen LogP contribution >= 0.6 is 0 Å². The van der Waals surface area contributed by atoms with Gasteiger partial charge in [0.2, 0.25) is 0 Å². The number of aromatic nitrogens is 1. The summed E-state index contributed by atoms with van der Waals surface area (Å²) in [5.74, 6) is 0.214. The molecular formula is C20H28N6O4S2. The van der Waals surface area contributed by atoms with Gasteiger partial charge in [0.25, 0.3) is 20.4 Å². The number of nitrogens with zero attached hydrogens (tertiary/aromatic N) is 5. The van der Waals surface area contributed by atoms with Crippen molar-refractivity contribution in [2.75, 3.05) is 53.4 Å². The van der Waals surface area contributed by atoms with E-state index in [1.165, 1.54) is 27.0 Å². The molecule has 0 aliphatic carbocycles. The van der Waals surface area contributed by atoms with Crippen molar-refractivity contribution in [2.24, 2.45) is 0 Å². The first-order chi connectivity index (χ1) is 15.1. The Balaban J connectivity index is 1.41. The molecule has 12 heteroatoms. The molecule has 2 fully saturated rings. The molecular weight excluding hydrogens is 452 g/mol. The number of piperidine rings is 1. The summed E-state index contributed by atoms with van der Waals surface area (Å²) in [7, 11) is -4.24. The summed E-state index contributed by atoms with van der Waals surface area (Å²) in [6.45, 7) is 1.41. The molecule has 0 radical (unpaired) electrons. The van der Waals surface area contributed by atoms with Gasteiger partial charge in [-0.15, -0.1) is 0 Å². The predicted molar refractivity (Wildman–Crippen MR) is 121 cm³/mol. The fourth-order valence-corrected chi connectivity index (χ4v) is 7.18. The third-order valence-corrected chi connectivity index (χ3v) is 10.4.